The number of rotatable bonds is 6. The zero-order chi connectivity index (χ0) is 13.1. The average Bonchev–Trinajstić information content (AvgIpc) is 2.98. The third-order valence-corrected chi connectivity index (χ3v) is 4.74. The maximum absolute atomic E-state index is 4.28. The Bertz CT molecular complexity index is 362. The molecule has 19 heavy (non-hydrogen) atoms. The minimum Gasteiger partial charge on any atom is -0.314 e. The van der Waals surface area contributed by atoms with Crippen LogP contribution in [0.4, 0.5) is 0 Å². The Morgan fingerprint density at radius 3 is 2.63 bits per heavy atom. The zero-order valence-corrected chi connectivity index (χ0v) is 12.0. The normalized spacial score (nSPS) is 30.9. The summed E-state index contributed by atoms with van der Waals surface area (Å²) in [5.74, 6) is 0. The van der Waals surface area contributed by atoms with E-state index in [1.165, 1.54) is 38.6 Å². The van der Waals surface area contributed by atoms with Crippen LogP contribution in [0.25, 0.3) is 0 Å². The van der Waals surface area contributed by atoms with Gasteiger partial charge in [-0.3, -0.25) is 9.58 Å². The van der Waals surface area contributed by atoms with Crippen molar-refractivity contribution >= 4 is 0 Å². The van der Waals surface area contributed by atoms with Crippen LogP contribution in [0, 0.1) is 0 Å². The second kappa shape index (κ2) is 6.06. The summed E-state index contributed by atoms with van der Waals surface area (Å²) < 4.78 is 2.05. The molecule has 0 aliphatic carbocycles. The smallest absolute Gasteiger partial charge is 0.0489 e. The number of fused-ring (bicyclic) bond motifs is 2. The highest BCUT2D eigenvalue weighted by Crippen LogP contribution is 2.35. The Morgan fingerprint density at radius 2 is 2.00 bits per heavy atom. The quantitative estimate of drug-likeness (QED) is 0.850. The number of aromatic nitrogens is 2. The SMILES string of the molecule is CCNC1CC2CCC(C1)N2CCCn1cccn1. The van der Waals surface area contributed by atoms with Crippen LogP contribution in [-0.2, 0) is 6.54 Å². The van der Waals surface area contributed by atoms with Gasteiger partial charge in [0.25, 0.3) is 0 Å². The third-order valence-electron chi connectivity index (χ3n) is 4.74. The molecule has 4 heteroatoms. The van der Waals surface area contributed by atoms with Crippen LogP contribution in [0.1, 0.15) is 39.0 Å². The fourth-order valence-corrected chi connectivity index (χ4v) is 3.94. The molecule has 2 saturated heterocycles. The molecule has 3 heterocycles. The van der Waals surface area contributed by atoms with E-state index >= 15 is 0 Å². The van der Waals surface area contributed by atoms with Crippen molar-refractivity contribution < 1.29 is 0 Å². The Hall–Kier alpha value is -0.870. The molecule has 0 saturated carbocycles. The van der Waals surface area contributed by atoms with Crippen molar-refractivity contribution in [3.05, 3.63) is 18.5 Å². The van der Waals surface area contributed by atoms with E-state index in [4.69, 9.17) is 0 Å². The molecule has 2 unspecified atom stereocenters. The molecule has 2 fully saturated rings. The molecule has 2 atom stereocenters. The van der Waals surface area contributed by atoms with E-state index < -0.39 is 0 Å². The lowest BCUT2D eigenvalue weighted by atomic mass is 9.97. The summed E-state index contributed by atoms with van der Waals surface area (Å²) in [4.78, 5) is 2.78. The van der Waals surface area contributed by atoms with Gasteiger partial charge < -0.3 is 5.32 Å². The van der Waals surface area contributed by atoms with Gasteiger partial charge in [-0.05, 0) is 44.7 Å². The van der Waals surface area contributed by atoms with Crippen LogP contribution >= 0.6 is 0 Å². The fraction of sp³-hybridized carbons (Fsp3) is 0.800. The molecule has 0 spiro atoms. The molecular formula is C15H26N4. The van der Waals surface area contributed by atoms with E-state index in [2.05, 4.69) is 28.4 Å². The van der Waals surface area contributed by atoms with E-state index in [-0.39, 0.29) is 0 Å². The number of nitrogens with one attached hydrogen (secondary N) is 1. The Kier molecular flexibility index (Phi) is 4.18. The molecule has 1 N–H and O–H groups in total. The van der Waals surface area contributed by atoms with Crippen molar-refractivity contribution in [3.63, 3.8) is 0 Å². The second-order valence-electron chi connectivity index (χ2n) is 5.97. The monoisotopic (exact) mass is 262 g/mol. The van der Waals surface area contributed by atoms with Gasteiger partial charge in [-0.1, -0.05) is 6.92 Å². The third kappa shape index (κ3) is 3.00. The van der Waals surface area contributed by atoms with E-state index in [0.29, 0.717) is 0 Å². The van der Waals surface area contributed by atoms with Crippen LogP contribution < -0.4 is 5.32 Å². The second-order valence-corrected chi connectivity index (χ2v) is 5.97. The maximum Gasteiger partial charge on any atom is 0.0489 e. The molecule has 0 aromatic carbocycles. The van der Waals surface area contributed by atoms with E-state index in [1.807, 2.05) is 16.9 Å². The van der Waals surface area contributed by atoms with Crippen molar-refractivity contribution in [1.82, 2.24) is 20.0 Å². The lowest BCUT2D eigenvalue weighted by molar-refractivity contribution is 0.114. The largest absolute Gasteiger partial charge is 0.314 e. The first-order valence-corrected chi connectivity index (χ1v) is 7.83. The number of hydrogen-bond donors (Lipinski definition) is 1. The summed E-state index contributed by atoms with van der Waals surface area (Å²) >= 11 is 0. The minimum absolute atomic E-state index is 0.768. The molecule has 2 aliphatic rings. The van der Waals surface area contributed by atoms with Gasteiger partial charge in [0.15, 0.2) is 0 Å². The average molecular weight is 262 g/mol. The highest BCUT2D eigenvalue weighted by atomic mass is 15.3. The summed E-state index contributed by atoms with van der Waals surface area (Å²) in [6.45, 7) is 5.63. The molecule has 1 aromatic rings. The zero-order valence-electron chi connectivity index (χ0n) is 12.0. The van der Waals surface area contributed by atoms with Crippen molar-refractivity contribution in [1.29, 1.82) is 0 Å². The molecule has 3 rings (SSSR count). The van der Waals surface area contributed by atoms with Crippen LogP contribution in [-0.4, -0.2) is 45.9 Å². The first kappa shape index (κ1) is 13.1. The van der Waals surface area contributed by atoms with Crippen LogP contribution in [0.3, 0.4) is 0 Å². The van der Waals surface area contributed by atoms with Crippen LogP contribution in [0.2, 0.25) is 0 Å². The number of aryl methyl sites for hydroxylation is 1. The molecule has 2 bridgehead atoms. The summed E-state index contributed by atoms with van der Waals surface area (Å²) in [6.07, 6.45) is 10.7. The lowest BCUT2D eigenvalue weighted by Crippen LogP contribution is -2.49. The molecule has 0 radical (unpaired) electrons. The number of nitrogens with zero attached hydrogens (tertiary/aromatic N) is 3. The highest BCUT2D eigenvalue weighted by Gasteiger charge is 2.39. The molecule has 4 nitrogen and oxygen atoms in total. The van der Waals surface area contributed by atoms with Gasteiger partial charge in [-0.25, -0.2) is 0 Å². The van der Waals surface area contributed by atoms with Crippen molar-refractivity contribution in [2.75, 3.05) is 13.1 Å². The van der Waals surface area contributed by atoms with Crippen LogP contribution in [0.15, 0.2) is 18.5 Å². The maximum atomic E-state index is 4.28. The molecule has 0 amide bonds. The first-order chi connectivity index (χ1) is 9.36. The van der Waals surface area contributed by atoms with Crippen molar-refractivity contribution in [3.8, 4) is 0 Å². The Labute approximate surface area is 116 Å². The van der Waals surface area contributed by atoms with E-state index in [1.54, 1.807) is 0 Å². The van der Waals surface area contributed by atoms with Crippen molar-refractivity contribution in [2.24, 2.45) is 0 Å². The lowest BCUT2D eigenvalue weighted by Gasteiger charge is -2.39. The van der Waals surface area contributed by atoms with E-state index in [0.717, 1.165) is 31.2 Å². The summed E-state index contributed by atoms with van der Waals surface area (Å²) in [5.41, 5.74) is 0. The van der Waals surface area contributed by atoms with E-state index in [9.17, 15) is 0 Å². The van der Waals surface area contributed by atoms with Gasteiger partial charge in [0.1, 0.15) is 0 Å². The van der Waals surface area contributed by atoms with Gasteiger partial charge in [-0.15, -0.1) is 0 Å². The van der Waals surface area contributed by atoms with Gasteiger partial charge in [0.05, 0.1) is 0 Å². The number of piperidine rings is 1. The first-order valence-electron chi connectivity index (χ1n) is 7.83. The topological polar surface area (TPSA) is 33.1 Å². The molecule has 2 aliphatic heterocycles. The fourth-order valence-electron chi connectivity index (χ4n) is 3.94. The molecule has 106 valence electrons. The predicted octanol–water partition coefficient (Wildman–Crippen LogP) is 1.88. The minimum atomic E-state index is 0.768. The standard InChI is InChI=1S/C15H26N4/c1-2-16-13-11-14-5-6-15(12-13)19(14)10-4-9-18-8-3-7-17-18/h3,7-8,13-16H,2,4-6,9-12H2,1H3. The summed E-state index contributed by atoms with van der Waals surface area (Å²) in [7, 11) is 0. The van der Waals surface area contributed by atoms with Gasteiger partial charge >= 0.3 is 0 Å². The van der Waals surface area contributed by atoms with Gasteiger partial charge in [-0.2, -0.15) is 5.10 Å². The summed E-state index contributed by atoms with van der Waals surface area (Å²) in [6, 6.07) is 4.44. The number of hydrogen-bond acceptors (Lipinski definition) is 3. The van der Waals surface area contributed by atoms with Crippen LogP contribution in [0.5, 0.6) is 0 Å². The van der Waals surface area contributed by atoms with Gasteiger partial charge in [0, 0.05) is 43.6 Å². The summed E-state index contributed by atoms with van der Waals surface area (Å²) in [5, 5.41) is 7.92. The molecular weight excluding hydrogens is 236 g/mol. The Balaban J connectivity index is 1.47. The van der Waals surface area contributed by atoms with Crippen molar-refractivity contribution in [2.45, 2.75) is 63.7 Å². The predicted molar refractivity (Wildman–Crippen MR) is 77.1 cm³/mol. The highest BCUT2D eigenvalue weighted by molar-refractivity contribution is 4.97. The molecule has 1 aromatic heterocycles. The van der Waals surface area contributed by atoms with Gasteiger partial charge in [0.2, 0.25) is 0 Å². The Morgan fingerprint density at radius 1 is 1.21 bits per heavy atom.